The van der Waals surface area contributed by atoms with Crippen LogP contribution in [0.5, 0.6) is 0 Å². The number of nitrogen functional groups attached to an aromatic ring is 1. The van der Waals surface area contributed by atoms with E-state index >= 15 is 0 Å². The summed E-state index contributed by atoms with van der Waals surface area (Å²) in [5.41, 5.74) is 6.43. The van der Waals surface area contributed by atoms with Crippen molar-refractivity contribution in [1.29, 1.82) is 0 Å². The molecule has 0 heterocycles. The molecule has 0 aliphatic heterocycles. The fourth-order valence-corrected chi connectivity index (χ4v) is 2.51. The number of unbranched alkanes of at least 4 members (excludes halogenated alkanes) is 1. The molecule has 0 aliphatic rings. The number of rotatable bonds is 7. The van der Waals surface area contributed by atoms with Crippen molar-refractivity contribution in [2.75, 3.05) is 12.3 Å². The standard InChI is InChI=1S/C19H21N3O4/c20-15-11-6-10-14(18(24)25)16(15)17(23)22-19(26)21-12-5-4-9-13-7-2-1-3-8-13/h1-3,6-8,10-11H,4-5,9,12,20H2,(H,24,25)(H2,21,22,23,26). The lowest BCUT2D eigenvalue weighted by Crippen LogP contribution is -2.40. The quantitative estimate of drug-likeness (QED) is 0.449. The van der Waals surface area contributed by atoms with E-state index in [1.54, 1.807) is 0 Å². The lowest BCUT2D eigenvalue weighted by atomic mass is 10.0. The number of amides is 3. The minimum absolute atomic E-state index is 0.00180. The summed E-state index contributed by atoms with van der Waals surface area (Å²) in [5, 5.41) is 13.8. The van der Waals surface area contributed by atoms with Crippen LogP contribution in [0.4, 0.5) is 10.5 Å². The number of benzene rings is 2. The molecule has 0 aromatic heterocycles. The summed E-state index contributed by atoms with van der Waals surface area (Å²) in [6.45, 7) is 0.405. The van der Waals surface area contributed by atoms with Gasteiger partial charge in [-0.05, 0) is 37.0 Å². The molecule has 0 saturated heterocycles. The predicted molar refractivity (Wildman–Crippen MR) is 98.1 cm³/mol. The van der Waals surface area contributed by atoms with E-state index in [1.165, 1.54) is 23.8 Å². The first-order chi connectivity index (χ1) is 12.5. The number of carboxylic acid groups (broad SMARTS) is 1. The Morgan fingerprint density at radius 2 is 1.69 bits per heavy atom. The van der Waals surface area contributed by atoms with Crippen LogP contribution in [0.3, 0.4) is 0 Å². The SMILES string of the molecule is Nc1cccc(C(=O)O)c1C(=O)NC(=O)NCCCCc1ccccc1. The highest BCUT2D eigenvalue weighted by atomic mass is 16.4. The number of carbonyl (C=O) groups excluding carboxylic acids is 2. The van der Waals surface area contributed by atoms with Crippen LogP contribution in [0.25, 0.3) is 0 Å². The number of anilines is 1. The molecule has 7 heteroatoms. The highest BCUT2D eigenvalue weighted by Crippen LogP contribution is 2.17. The van der Waals surface area contributed by atoms with Crippen molar-refractivity contribution in [2.24, 2.45) is 0 Å². The topological polar surface area (TPSA) is 122 Å². The molecule has 2 rings (SSSR count). The second-order valence-corrected chi connectivity index (χ2v) is 5.73. The summed E-state index contributed by atoms with van der Waals surface area (Å²) >= 11 is 0. The smallest absolute Gasteiger partial charge is 0.336 e. The van der Waals surface area contributed by atoms with Crippen molar-refractivity contribution in [1.82, 2.24) is 10.6 Å². The highest BCUT2D eigenvalue weighted by Gasteiger charge is 2.20. The van der Waals surface area contributed by atoms with Gasteiger partial charge in [-0.3, -0.25) is 10.1 Å². The molecule has 5 N–H and O–H groups in total. The van der Waals surface area contributed by atoms with Gasteiger partial charge in [0.05, 0.1) is 11.1 Å². The van der Waals surface area contributed by atoms with Gasteiger partial charge in [0.1, 0.15) is 0 Å². The summed E-state index contributed by atoms with van der Waals surface area (Å²) < 4.78 is 0. The lowest BCUT2D eigenvalue weighted by Gasteiger charge is -2.10. The Balaban J connectivity index is 1.79. The van der Waals surface area contributed by atoms with E-state index in [4.69, 9.17) is 10.8 Å². The van der Waals surface area contributed by atoms with E-state index in [2.05, 4.69) is 10.6 Å². The van der Waals surface area contributed by atoms with E-state index in [-0.39, 0.29) is 16.8 Å². The molecular weight excluding hydrogens is 334 g/mol. The summed E-state index contributed by atoms with van der Waals surface area (Å²) in [6.07, 6.45) is 2.56. The Morgan fingerprint density at radius 3 is 2.38 bits per heavy atom. The van der Waals surface area contributed by atoms with Crippen molar-refractivity contribution in [3.63, 3.8) is 0 Å². The molecule has 0 bridgehead atoms. The van der Waals surface area contributed by atoms with Crippen LogP contribution in [-0.2, 0) is 6.42 Å². The molecule has 26 heavy (non-hydrogen) atoms. The third kappa shape index (κ3) is 5.34. The second-order valence-electron chi connectivity index (χ2n) is 5.73. The van der Waals surface area contributed by atoms with Crippen LogP contribution < -0.4 is 16.4 Å². The van der Waals surface area contributed by atoms with Gasteiger partial charge in [0.15, 0.2) is 0 Å². The lowest BCUT2D eigenvalue weighted by molar-refractivity contribution is 0.0691. The minimum atomic E-state index is -1.29. The molecule has 136 valence electrons. The number of aryl methyl sites for hydroxylation is 1. The van der Waals surface area contributed by atoms with Crippen molar-refractivity contribution < 1.29 is 19.5 Å². The summed E-state index contributed by atoms with van der Waals surface area (Å²) in [5.74, 6) is -2.13. The van der Waals surface area contributed by atoms with Gasteiger partial charge in [0.25, 0.3) is 5.91 Å². The first-order valence-corrected chi connectivity index (χ1v) is 8.24. The van der Waals surface area contributed by atoms with Gasteiger partial charge in [0.2, 0.25) is 0 Å². The fraction of sp³-hybridized carbons (Fsp3) is 0.211. The fourth-order valence-electron chi connectivity index (χ4n) is 2.51. The third-order valence-electron chi connectivity index (χ3n) is 3.80. The number of urea groups is 1. The Morgan fingerprint density at radius 1 is 0.962 bits per heavy atom. The molecule has 2 aromatic rings. The number of carbonyl (C=O) groups is 3. The Kier molecular flexibility index (Phi) is 6.73. The van der Waals surface area contributed by atoms with E-state index in [9.17, 15) is 14.4 Å². The summed E-state index contributed by atoms with van der Waals surface area (Å²) in [4.78, 5) is 35.2. The number of nitrogens with one attached hydrogen (secondary N) is 2. The molecule has 0 aliphatic carbocycles. The molecule has 0 radical (unpaired) electrons. The predicted octanol–water partition coefficient (Wildman–Crippen LogP) is 2.43. The number of nitrogens with two attached hydrogens (primary N) is 1. The largest absolute Gasteiger partial charge is 0.478 e. The van der Waals surface area contributed by atoms with Gasteiger partial charge in [-0.15, -0.1) is 0 Å². The Bertz CT molecular complexity index is 791. The number of hydrogen-bond acceptors (Lipinski definition) is 4. The molecular formula is C19H21N3O4. The van der Waals surface area contributed by atoms with Crippen LogP contribution >= 0.6 is 0 Å². The van der Waals surface area contributed by atoms with E-state index in [0.29, 0.717) is 6.54 Å². The van der Waals surface area contributed by atoms with Crippen LogP contribution in [-0.4, -0.2) is 29.6 Å². The van der Waals surface area contributed by atoms with Gasteiger partial charge in [-0.25, -0.2) is 9.59 Å². The molecule has 0 spiro atoms. The zero-order chi connectivity index (χ0) is 18.9. The van der Waals surface area contributed by atoms with E-state index < -0.39 is 17.9 Å². The maximum absolute atomic E-state index is 12.2. The van der Waals surface area contributed by atoms with Crippen molar-refractivity contribution >= 4 is 23.6 Å². The monoisotopic (exact) mass is 355 g/mol. The van der Waals surface area contributed by atoms with Crippen LogP contribution in [0, 0.1) is 0 Å². The summed E-state index contributed by atoms with van der Waals surface area (Å²) in [6, 6.07) is 13.4. The number of hydrogen-bond donors (Lipinski definition) is 4. The van der Waals surface area contributed by atoms with Crippen LogP contribution in [0.2, 0.25) is 0 Å². The van der Waals surface area contributed by atoms with Crippen molar-refractivity contribution in [2.45, 2.75) is 19.3 Å². The number of aromatic carboxylic acids is 1. The average Bonchev–Trinajstić information content (AvgIpc) is 2.61. The number of imide groups is 1. The normalized spacial score (nSPS) is 10.2. The molecule has 7 nitrogen and oxygen atoms in total. The van der Waals surface area contributed by atoms with E-state index in [0.717, 1.165) is 19.3 Å². The summed E-state index contributed by atoms with van der Waals surface area (Å²) in [7, 11) is 0. The minimum Gasteiger partial charge on any atom is -0.478 e. The Labute approximate surface area is 151 Å². The number of carboxylic acids is 1. The first-order valence-electron chi connectivity index (χ1n) is 8.24. The molecule has 0 saturated carbocycles. The zero-order valence-corrected chi connectivity index (χ0v) is 14.2. The molecule has 2 aromatic carbocycles. The van der Waals surface area contributed by atoms with Gasteiger partial charge in [0, 0.05) is 12.2 Å². The van der Waals surface area contributed by atoms with Gasteiger partial charge in [-0.2, -0.15) is 0 Å². The van der Waals surface area contributed by atoms with Crippen LogP contribution in [0.15, 0.2) is 48.5 Å². The van der Waals surface area contributed by atoms with Gasteiger partial charge >= 0.3 is 12.0 Å². The Hall–Kier alpha value is -3.35. The maximum atomic E-state index is 12.2. The second kappa shape index (κ2) is 9.22. The van der Waals surface area contributed by atoms with Crippen molar-refractivity contribution in [3.05, 3.63) is 65.2 Å². The maximum Gasteiger partial charge on any atom is 0.336 e. The molecule has 3 amide bonds. The highest BCUT2D eigenvalue weighted by molar-refractivity contribution is 6.12. The van der Waals surface area contributed by atoms with E-state index in [1.807, 2.05) is 30.3 Å². The molecule has 0 fully saturated rings. The van der Waals surface area contributed by atoms with Crippen LogP contribution in [0.1, 0.15) is 39.1 Å². The molecule has 0 unspecified atom stereocenters. The third-order valence-corrected chi connectivity index (χ3v) is 3.80. The molecule has 0 atom stereocenters. The van der Waals surface area contributed by atoms with Crippen molar-refractivity contribution in [3.8, 4) is 0 Å². The first kappa shape index (κ1) is 19.0. The average molecular weight is 355 g/mol. The van der Waals surface area contributed by atoms with Gasteiger partial charge < -0.3 is 16.2 Å². The zero-order valence-electron chi connectivity index (χ0n) is 14.2. The van der Waals surface area contributed by atoms with Gasteiger partial charge in [-0.1, -0.05) is 36.4 Å².